The largest absolute Gasteiger partial charge is 0.270 e. The quantitative estimate of drug-likeness (QED) is 0.726. The first-order chi connectivity index (χ1) is 6.54. The fourth-order valence-corrected chi connectivity index (χ4v) is 1.20. The molecule has 1 rings (SSSR count). The van der Waals surface area contributed by atoms with Gasteiger partial charge in [-0.15, -0.1) is 0 Å². The highest BCUT2D eigenvalue weighted by Gasteiger charge is 2.23. The smallest absolute Gasteiger partial charge is 0.202 e. The lowest BCUT2D eigenvalue weighted by Crippen LogP contribution is -2.07. The van der Waals surface area contributed by atoms with Crippen molar-refractivity contribution in [3.63, 3.8) is 0 Å². The first-order valence-electron chi connectivity index (χ1n) is 4.38. The van der Waals surface area contributed by atoms with Gasteiger partial charge < -0.3 is 0 Å². The fourth-order valence-electron chi connectivity index (χ4n) is 1.20. The van der Waals surface area contributed by atoms with Crippen LogP contribution in [0.4, 0.5) is 8.78 Å². The average molecular weight is 195 g/mol. The van der Waals surface area contributed by atoms with Gasteiger partial charge in [0.2, 0.25) is 0 Å². The number of nitriles is 1. The van der Waals surface area contributed by atoms with E-state index in [9.17, 15) is 8.78 Å². The number of alkyl halides is 2. The van der Waals surface area contributed by atoms with Gasteiger partial charge in [-0.1, -0.05) is 18.2 Å². The van der Waals surface area contributed by atoms with Crippen LogP contribution in [0.1, 0.15) is 24.5 Å². The predicted octanol–water partition coefficient (Wildman–Crippen LogP) is 3.25. The summed E-state index contributed by atoms with van der Waals surface area (Å²) in [7, 11) is 0. The molecule has 74 valence electrons. The summed E-state index contributed by atoms with van der Waals surface area (Å²) in [6.07, 6.45) is 0.888. The van der Waals surface area contributed by atoms with Gasteiger partial charge in [0.25, 0.3) is 5.92 Å². The third-order valence-corrected chi connectivity index (χ3v) is 1.96. The van der Waals surface area contributed by atoms with Gasteiger partial charge >= 0.3 is 0 Å². The van der Waals surface area contributed by atoms with Crippen molar-refractivity contribution in [1.29, 1.82) is 5.26 Å². The van der Waals surface area contributed by atoms with Crippen molar-refractivity contribution in [2.75, 3.05) is 0 Å². The summed E-state index contributed by atoms with van der Waals surface area (Å²) in [6, 6.07) is 8.19. The Hall–Kier alpha value is -1.43. The zero-order chi connectivity index (χ0) is 10.6. The lowest BCUT2D eigenvalue weighted by Gasteiger charge is -2.11. The van der Waals surface area contributed by atoms with Gasteiger partial charge in [-0.05, 0) is 18.1 Å². The fraction of sp³-hybridized carbons (Fsp3) is 0.364. The van der Waals surface area contributed by atoms with Crippen LogP contribution in [-0.2, 0) is 12.3 Å². The van der Waals surface area contributed by atoms with Gasteiger partial charge in [-0.2, -0.15) is 5.26 Å². The average Bonchev–Trinajstić information content (AvgIpc) is 2.14. The first kappa shape index (κ1) is 10.6. The van der Waals surface area contributed by atoms with E-state index >= 15 is 0 Å². The summed E-state index contributed by atoms with van der Waals surface area (Å²) in [4.78, 5) is 0. The molecular formula is C11H11F2N. The molecule has 0 amide bonds. The van der Waals surface area contributed by atoms with Gasteiger partial charge in [-0.25, -0.2) is 8.78 Å². The minimum atomic E-state index is -2.80. The van der Waals surface area contributed by atoms with E-state index in [0.29, 0.717) is 12.8 Å². The van der Waals surface area contributed by atoms with E-state index in [-0.39, 0.29) is 5.56 Å². The van der Waals surface area contributed by atoms with E-state index < -0.39 is 5.92 Å². The molecule has 0 saturated carbocycles. The second-order valence-electron chi connectivity index (χ2n) is 3.25. The van der Waals surface area contributed by atoms with Crippen molar-refractivity contribution in [2.45, 2.75) is 25.7 Å². The predicted molar refractivity (Wildman–Crippen MR) is 49.9 cm³/mol. The molecule has 0 spiro atoms. The number of rotatable bonds is 3. The van der Waals surface area contributed by atoms with E-state index in [1.807, 2.05) is 6.07 Å². The van der Waals surface area contributed by atoms with Gasteiger partial charge in [0.1, 0.15) is 0 Å². The number of hydrogen-bond acceptors (Lipinski definition) is 1. The highest BCUT2D eigenvalue weighted by atomic mass is 19.3. The lowest BCUT2D eigenvalue weighted by molar-refractivity contribution is 0.0174. The van der Waals surface area contributed by atoms with Crippen LogP contribution in [0.2, 0.25) is 0 Å². The summed E-state index contributed by atoms with van der Waals surface area (Å²) in [5.41, 5.74) is 0.790. The highest BCUT2D eigenvalue weighted by Crippen LogP contribution is 2.27. The normalized spacial score (nSPS) is 11.0. The van der Waals surface area contributed by atoms with Crippen LogP contribution in [0.15, 0.2) is 24.3 Å². The van der Waals surface area contributed by atoms with Crippen molar-refractivity contribution in [1.82, 2.24) is 0 Å². The monoisotopic (exact) mass is 195 g/mol. The summed E-state index contributed by atoms with van der Waals surface area (Å²) in [6.45, 7) is 0.871. The Balaban J connectivity index is 2.86. The van der Waals surface area contributed by atoms with Crippen molar-refractivity contribution in [3.05, 3.63) is 35.4 Å². The van der Waals surface area contributed by atoms with Gasteiger partial charge in [0.05, 0.1) is 6.07 Å². The molecule has 14 heavy (non-hydrogen) atoms. The number of halogens is 2. The van der Waals surface area contributed by atoms with E-state index in [1.165, 1.54) is 12.1 Å². The lowest BCUT2D eigenvalue weighted by atomic mass is 10.0. The molecule has 0 aliphatic heterocycles. The Morgan fingerprint density at radius 1 is 1.43 bits per heavy atom. The van der Waals surface area contributed by atoms with E-state index in [2.05, 4.69) is 0 Å². The SMILES string of the molecule is CC(F)(F)c1cccc(CCC#N)c1. The number of aryl methyl sites for hydroxylation is 1. The van der Waals surface area contributed by atoms with Gasteiger partial charge in [0.15, 0.2) is 0 Å². The first-order valence-corrected chi connectivity index (χ1v) is 4.38. The Labute approximate surface area is 82.0 Å². The molecule has 1 aromatic carbocycles. The topological polar surface area (TPSA) is 23.8 Å². The molecule has 0 heterocycles. The zero-order valence-electron chi connectivity index (χ0n) is 7.93. The van der Waals surface area contributed by atoms with Crippen molar-refractivity contribution >= 4 is 0 Å². The van der Waals surface area contributed by atoms with Crippen LogP contribution in [0, 0.1) is 11.3 Å². The summed E-state index contributed by atoms with van der Waals surface area (Å²) in [5.74, 6) is -2.80. The Morgan fingerprint density at radius 3 is 2.71 bits per heavy atom. The summed E-state index contributed by atoms with van der Waals surface area (Å²) < 4.78 is 25.8. The maximum atomic E-state index is 12.9. The molecule has 0 N–H and O–H groups in total. The molecule has 1 nitrogen and oxygen atoms in total. The molecule has 1 aromatic rings. The molecule has 0 aliphatic carbocycles. The minimum Gasteiger partial charge on any atom is -0.202 e. The Bertz CT molecular complexity index is 347. The summed E-state index contributed by atoms with van der Waals surface area (Å²) >= 11 is 0. The van der Waals surface area contributed by atoms with Crippen LogP contribution in [-0.4, -0.2) is 0 Å². The zero-order valence-corrected chi connectivity index (χ0v) is 7.93. The van der Waals surface area contributed by atoms with Crippen LogP contribution in [0.25, 0.3) is 0 Å². The molecule has 0 aromatic heterocycles. The second-order valence-corrected chi connectivity index (χ2v) is 3.25. The van der Waals surface area contributed by atoms with E-state index in [0.717, 1.165) is 12.5 Å². The molecule has 0 atom stereocenters. The maximum Gasteiger partial charge on any atom is 0.270 e. The highest BCUT2D eigenvalue weighted by molar-refractivity contribution is 5.26. The number of benzene rings is 1. The van der Waals surface area contributed by atoms with Crippen molar-refractivity contribution < 1.29 is 8.78 Å². The van der Waals surface area contributed by atoms with Crippen LogP contribution in [0.3, 0.4) is 0 Å². The van der Waals surface area contributed by atoms with Gasteiger partial charge in [-0.3, -0.25) is 0 Å². The van der Waals surface area contributed by atoms with Crippen LogP contribution < -0.4 is 0 Å². The standard InChI is InChI=1S/C11H11F2N/c1-11(12,13)10-6-2-4-9(8-10)5-3-7-14/h2,4,6,8H,3,5H2,1H3. The molecule has 0 aliphatic rings. The summed E-state index contributed by atoms with van der Waals surface area (Å²) in [5, 5.41) is 8.36. The van der Waals surface area contributed by atoms with Crippen molar-refractivity contribution in [2.24, 2.45) is 0 Å². The molecule has 0 unspecified atom stereocenters. The molecule has 0 radical (unpaired) electrons. The Kier molecular flexibility index (Phi) is 3.19. The molecule has 0 bridgehead atoms. The van der Waals surface area contributed by atoms with E-state index in [4.69, 9.17) is 5.26 Å². The third-order valence-electron chi connectivity index (χ3n) is 1.96. The second kappa shape index (κ2) is 4.19. The van der Waals surface area contributed by atoms with Gasteiger partial charge in [0, 0.05) is 18.9 Å². The minimum absolute atomic E-state index is 0.00735. The van der Waals surface area contributed by atoms with E-state index in [1.54, 1.807) is 12.1 Å². The number of nitrogens with zero attached hydrogens (tertiary/aromatic N) is 1. The molecule has 0 saturated heterocycles. The molecule has 3 heteroatoms. The Morgan fingerprint density at radius 2 is 2.14 bits per heavy atom. The molecular weight excluding hydrogens is 184 g/mol. The van der Waals surface area contributed by atoms with Crippen LogP contribution >= 0.6 is 0 Å². The number of hydrogen-bond donors (Lipinski definition) is 0. The third kappa shape index (κ3) is 2.81. The maximum absolute atomic E-state index is 12.9. The van der Waals surface area contributed by atoms with Crippen LogP contribution in [0.5, 0.6) is 0 Å². The van der Waals surface area contributed by atoms with Crippen molar-refractivity contribution in [3.8, 4) is 6.07 Å². The molecule has 0 fully saturated rings.